The van der Waals surface area contributed by atoms with Crippen molar-refractivity contribution in [3.05, 3.63) is 47.4 Å². The Bertz CT molecular complexity index is 585. The fraction of sp³-hybridized carbons (Fsp3) is 0.182. The summed E-state index contributed by atoms with van der Waals surface area (Å²) in [6, 6.07) is 7.27. The fourth-order valence-electron chi connectivity index (χ4n) is 1.38. The van der Waals surface area contributed by atoms with Crippen LogP contribution in [0.15, 0.2) is 41.8 Å². The smallest absolute Gasteiger partial charge is 0.222 e. The molecule has 1 aromatic rings. The van der Waals surface area contributed by atoms with Crippen LogP contribution in [-0.4, -0.2) is 14.6 Å². The van der Waals surface area contributed by atoms with Gasteiger partial charge in [-0.2, -0.15) is 18.4 Å². The third-order valence-electron chi connectivity index (χ3n) is 2.18. The molecule has 0 saturated carbocycles. The summed E-state index contributed by atoms with van der Waals surface area (Å²) in [4.78, 5) is -1.10. The lowest BCUT2D eigenvalue weighted by Crippen LogP contribution is -2.29. The van der Waals surface area contributed by atoms with Crippen LogP contribution in [0.5, 0.6) is 0 Å². The molecule has 0 radical (unpaired) electrons. The molecule has 7 heteroatoms. The van der Waals surface area contributed by atoms with Gasteiger partial charge in [0.1, 0.15) is 11.0 Å². The van der Waals surface area contributed by atoms with Crippen LogP contribution in [0.3, 0.4) is 0 Å². The van der Waals surface area contributed by atoms with Crippen LogP contribution < -0.4 is 0 Å². The molecule has 1 aromatic carbocycles. The molecule has 0 N–H and O–H groups in total. The number of alkyl halides is 3. The minimum atomic E-state index is -5.01. The Morgan fingerprint density at radius 3 is 2.17 bits per heavy atom. The minimum Gasteiger partial charge on any atom is -0.222 e. The number of sulfone groups is 1. The standard InChI is InChI=1S/C11H8F3NO2S/c1-8(7-15)18(16,17)10(11(12,13)14)9-5-3-2-4-6-9/h2-6,10H,1H2. The molecular formula is C11H8F3NO2S. The molecule has 0 spiro atoms. The third-order valence-corrected chi connectivity index (χ3v) is 4.12. The summed E-state index contributed by atoms with van der Waals surface area (Å²) in [5.41, 5.74) is -0.443. The van der Waals surface area contributed by atoms with Crippen molar-refractivity contribution in [2.75, 3.05) is 0 Å². The monoisotopic (exact) mass is 275 g/mol. The van der Waals surface area contributed by atoms with Crippen LogP contribution in [0, 0.1) is 11.3 Å². The SMILES string of the molecule is C=C(C#N)S(=O)(=O)C(c1ccccc1)C(F)(F)F. The Morgan fingerprint density at radius 2 is 1.78 bits per heavy atom. The van der Waals surface area contributed by atoms with Crippen molar-refractivity contribution in [3.8, 4) is 6.07 Å². The van der Waals surface area contributed by atoms with Crippen molar-refractivity contribution in [2.45, 2.75) is 11.4 Å². The van der Waals surface area contributed by atoms with Gasteiger partial charge in [0.25, 0.3) is 0 Å². The number of hydrogen-bond donors (Lipinski definition) is 0. The van der Waals surface area contributed by atoms with Gasteiger partial charge in [-0.1, -0.05) is 36.9 Å². The number of benzene rings is 1. The van der Waals surface area contributed by atoms with Crippen LogP contribution in [0.1, 0.15) is 10.8 Å². The molecule has 1 rings (SSSR count). The molecular weight excluding hydrogens is 267 g/mol. The lowest BCUT2D eigenvalue weighted by molar-refractivity contribution is -0.131. The van der Waals surface area contributed by atoms with Gasteiger partial charge in [-0.15, -0.1) is 0 Å². The van der Waals surface area contributed by atoms with Gasteiger partial charge in [-0.3, -0.25) is 0 Å². The van der Waals surface area contributed by atoms with Crippen molar-refractivity contribution in [1.29, 1.82) is 5.26 Å². The highest BCUT2D eigenvalue weighted by atomic mass is 32.2. The van der Waals surface area contributed by atoms with Gasteiger partial charge in [0.15, 0.2) is 5.25 Å². The highest BCUT2D eigenvalue weighted by Crippen LogP contribution is 2.41. The van der Waals surface area contributed by atoms with E-state index in [0.29, 0.717) is 0 Å². The Kier molecular flexibility index (Phi) is 3.82. The number of allylic oxidation sites excluding steroid dienone is 1. The van der Waals surface area contributed by atoms with E-state index in [1.54, 1.807) is 0 Å². The second kappa shape index (κ2) is 4.82. The quantitative estimate of drug-likeness (QED) is 0.797. The number of rotatable bonds is 3. The van der Waals surface area contributed by atoms with Crippen molar-refractivity contribution >= 4 is 9.84 Å². The third kappa shape index (κ3) is 2.71. The molecule has 0 aliphatic heterocycles. The minimum absolute atomic E-state index is 0.443. The lowest BCUT2D eigenvalue weighted by atomic mass is 10.1. The molecule has 0 bridgehead atoms. The van der Waals surface area contributed by atoms with Gasteiger partial charge in [-0.25, -0.2) is 8.42 Å². The number of nitrogens with zero attached hydrogens (tertiary/aromatic N) is 1. The summed E-state index contributed by atoms with van der Waals surface area (Å²) in [5, 5.41) is 5.67. The average molecular weight is 275 g/mol. The zero-order valence-electron chi connectivity index (χ0n) is 8.98. The highest BCUT2D eigenvalue weighted by Gasteiger charge is 2.50. The molecule has 0 aliphatic carbocycles. The molecule has 0 aromatic heterocycles. The molecule has 18 heavy (non-hydrogen) atoms. The van der Waals surface area contributed by atoms with E-state index in [1.807, 2.05) is 0 Å². The van der Waals surface area contributed by atoms with Gasteiger partial charge in [0.2, 0.25) is 9.84 Å². The van der Waals surface area contributed by atoms with E-state index < -0.39 is 31.7 Å². The van der Waals surface area contributed by atoms with Crippen LogP contribution in [0.4, 0.5) is 13.2 Å². The molecule has 3 nitrogen and oxygen atoms in total. The van der Waals surface area contributed by atoms with Crippen molar-refractivity contribution in [3.63, 3.8) is 0 Å². The van der Waals surface area contributed by atoms with Crippen LogP contribution >= 0.6 is 0 Å². The first kappa shape index (κ1) is 14.3. The van der Waals surface area contributed by atoms with Crippen LogP contribution in [0.2, 0.25) is 0 Å². The van der Waals surface area contributed by atoms with Gasteiger partial charge < -0.3 is 0 Å². The van der Waals surface area contributed by atoms with Crippen molar-refractivity contribution in [2.24, 2.45) is 0 Å². The molecule has 0 amide bonds. The summed E-state index contributed by atoms with van der Waals surface area (Å²) >= 11 is 0. The first-order valence-electron chi connectivity index (χ1n) is 4.66. The van der Waals surface area contributed by atoms with Crippen molar-refractivity contribution in [1.82, 2.24) is 0 Å². The van der Waals surface area contributed by atoms with Gasteiger partial charge in [-0.05, 0) is 5.56 Å². The van der Waals surface area contributed by atoms with Crippen molar-refractivity contribution < 1.29 is 21.6 Å². The Morgan fingerprint density at radius 1 is 1.28 bits per heavy atom. The predicted octanol–water partition coefficient (Wildman–Crippen LogP) is 2.74. The van der Waals surface area contributed by atoms with E-state index in [-0.39, 0.29) is 0 Å². The number of nitriles is 1. The van der Waals surface area contributed by atoms with E-state index in [0.717, 1.165) is 18.2 Å². The largest absolute Gasteiger partial charge is 0.409 e. The summed E-state index contributed by atoms with van der Waals surface area (Å²) in [6.45, 7) is 2.86. The maximum Gasteiger partial charge on any atom is 0.409 e. The van der Waals surface area contributed by atoms with E-state index in [9.17, 15) is 21.6 Å². The molecule has 0 fully saturated rings. The summed E-state index contributed by atoms with van der Waals surface area (Å²) in [7, 11) is -4.84. The van der Waals surface area contributed by atoms with Gasteiger partial charge >= 0.3 is 6.18 Å². The molecule has 1 atom stereocenters. The van der Waals surface area contributed by atoms with E-state index in [1.165, 1.54) is 18.2 Å². The second-order valence-electron chi connectivity index (χ2n) is 3.41. The Balaban J connectivity index is 3.44. The van der Waals surface area contributed by atoms with Gasteiger partial charge in [0.05, 0.1) is 0 Å². The topological polar surface area (TPSA) is 57.9 Å². The Hall–Kier alpha value is -1.81. The molecule has 0 heterocycles. The van der Waals surface area contributed by atoms with Crippen LogP contribution in [-0.2, 0) is 9.84 Å². The maximum atomic E-state index is 12.9. The molecule has 0 aliphatic rings. The van der Waals surface area contributed by atoms with Gasteiger partial charge in [0, 0.05) is 0 Å². The zero-order chi connectivity index (χ0) is 14.0. The zero-order valence-corrected chi connectivity index (χ0v) is 9.79. The molecule has 96 valence electrons. The van der Waals surface area contributed by atoms with E-state index in [2.05, 4.69) is 6.58 Å². The predicted molar refractivity (Wildman–Crippen MR) is 58.9 cm³/mol. The average Bonchev–Trinajstić information content (AvgIpc) is 2.27. The van der Waals surface area contributed by atoms with E-state index >= 15 is 0 Å². The lowest BCUT2D eigenvalue weighted by Gasteiger charge is -2.20. The summed E-state index contributed by atoms with van der Waals surface area (Å²) in [5.74, 6) is 0. The van der Waals surface area contributed by atoms with Crippen LogP contribution in [0.25, 0.3) is 0 Å². The number of halogens is 3. The number of hydrogen-bond acceptors (Lipinski definition) is 3. The maximum absolute atomic E-state index is 12.9. The molecule has 1 unspecified atom stereocenters. The first-order valence-corrected chi connectivity index (χ1v) is 6.20. The Labute approximate surface area is 102 Å². The highest BCUT2D eigenvalue weighted by molar-refractivity contribution is 7.95. The normalized spacial score (nSPS) is 13.7. The second-order valence-corrected chi connectivity index (χ2v) is 5.47. The first-order chi connectivity index (χ1) is 8.21. The molecule has 0 saturated heterocycles. The summed E-state index contributed by atoms with van der Waals surface area (Å²) < 4.78 is 61.9. The fourth-order valence-corrected chi connectivity index (χ4v) is 2.66. The summed E-state index contributed by atoms with van der Waals surface area (Å²) in [6.07, 6.45) is -5.01. The van der Waals surface area contributed by atoms with E-state index in [4.69, 9.17) is 5.26 Å².